The topological polar surface area (TPSA) is 59.6 Å². The number of amides is 1. The van der Waals surface area contributed by atoms with Gasteiger partial charge in [-0.3, -0.25) is 4.79 Å². The number of rotatable bonds is 7. The minimum atomic E-state index is -0.0762. The molecule has 3 rings (SSSR count). The van der Waals surface area contributed by atoms with Gasteiger partial charge in [0.15, 0.2) is 11.5 Å². The molecule has 5 heteroatoms. The van der Waals surface area contributed by atoms with Gasteiger partial charge in [0.1, 0.15) is 0 Å². The van der Waals surface area contributed by atoms with Gasteiger partial charge in [0.25, 0.3) is 0 Å². The monoisotopic (exact) mass is 350 g/mol. The zero-order chi connectivity index (χ0) is 18.4. The Morgan fingerprint density at radius 1 is 0.923 bits per heavy atom. The van der Waals surface area contributed by atoms with Crippen LogP contribution in [0.4, 0.5) is 5.69 Å². The highest BCUT2D eigenvalue weighted by Crippen LogP contribution is 2.27. The summed E-state index contributed by atoms with van der Waals surface area (Å²) < 4.78 is 10.5. The number of ether oxygens (including phenoxy) is 2. The molecular weight excluding hydrogens is 328 g/mol. The van der Waals surface area contributed by atoms with Crippen LogP contribution in [0.15, 0.2) is 60.7 Å². The van der Waals surface area contributed by atoms with Crippen LogP contribution in [0, 0.1) is 0 Å². The van der Waals surface area contributed by atoms with Crippen molar-refractivity contribution in [1.29, 1.82) is 0 Å². The molecule has 0 unspecified atom stereocenters. The van der Waals surface area contributed by atoms with Crippen LogP contribution in [0.3, 0.4) is 0 Å². The number of carbonyl (C=O) groups is 1. The third-order valence-corrected chi connectivity index (χ3v) is 4.17. The number of fused-ring (bicyclic) bond motifs is 1. The molecule has 0 saturated heterocycles. The lowest BCUT2D eigenvalue weighted by Gasteiger charge is -2.12. The minimum absolute atomic E-state index is 0.0762. The van der Waals surface area contributed by atoms with E-state index in [2.05, 4.69) is 22.8 Å². The first-order valence-corrected chi connectivity index (χ1v) is 8.40. The third kappa shape index (κ3) is 4.06. The first-order valence-electron chi connectivity index (χ1n) is 8.40. The van der Waals surface area contributed by atoms with Gasteiger partial charge in [-0.05, 0) is 29.1 Å². The van der Waals surface area contributed by atoms with Gasteiger partial charge in [-0.2, -0.15) is 0 Å². The Kier molecular flexibility index (Phi) is 5.59. The van der Waals surface area contributed by atoms with Crippen molar-refractivity contribution in [2.24, 2.45) is 0 Å². The molecule has 0 radical (unpaired) electrons. The van der Waals surface area contributed by atoms with Crippen LogP contribution in [-0.2, 0) is 11.3 Å². The van der Waals surface area contributed by atoms with Crippen molar-refractivity contribution in [1.82, 2.24) is 5.32 Å². The minimum Gasteiger partial charge on any atom is -0.493 e. The summed E-state index contributed by atoms with van der Waals surface area (Å²) in [4.78, 5) is 12.2. The zero-order valence-electron chi connectivity index (χ0n) is 14.9. The van der Waals surface area contributed by atoms with E-state index in [0.29, 0.717) is 18.0 Å². The maximum absolute atomic E-state index is 12.2. The van der Waals surface area contributed by atoms with E-state index in [-0.39, 0.29) is 12.5 Å². The molecule has 5 nitrogen and oxygen atoms in total. The summed E-state index contributed by atoms with van der Waals surface area (Å²) in [6.07, 6.45) is 0. The molecule has 0 heterocycles. The number of methoxy groups -OCH3 is 2. The van der Waals surface area contributed by atoms with E-state index in [4.69, 9.17) is 9.47 Å². The predicted octanol–water partition coefficient (Wildman–Crippen LogP) is 3.59. The maximum Gasteiger partial charge on any atom is 0.239 e. The lowest BCUT2D eigenvalue weighted by molar-refractivity contribution is -0.119. The van der Waals surface area contributed by atoms with Gasteiger partial charge >= 0.3 is 0 Å². The van der Waals surface area contributed by atoms with Crippen LogP contribution in [-0.4, -0.2) is 26.7 Å². The number of hydrogen-bond acceptors (Lipinski definition) is 4. The molecule has 3 aromatic carbocycles. The number of hydrogen-bond donors (Lipinski definition) is 2. The first-order chi connectivity index (χ1) is 12.7. The normalized spacial score (nSPS) is 10.4. The van der Waals surface area contributed by atoms with E-state index in [1.807, 2.05) is 48.5 Å². The molecule has 1 amide bonds. The molecule has 2 N–H and O–H groups in total. The highest BCUT2D eigenvalue weighted by Gasteiger charge is 2.07. The fourth-order valence-corrected chi connectivity index (χ4v) is 2.81. The standard InChI is InChI=1S/C21H22N2O3/c1-25-19-11-10-15(12-20(19)26-2)13-23-21(24)14-22-18-9-5-7-16-6-3-4-8-17(16)18/h3-12,22H,13-14H2,1-2H3,(H,23,24). The summed E-state index contributed by atoms with van der Waals surface area (Å²) in [6, 6.07) is 19.7. The van der Waals surface area contributed by atoms with Crippen LogP contribution >= 0.6 is 0 Å². The largest absolute Gasteiger partial charge is 0.493 e. The third-order valence-electron chi connectivity index (χ3n) is 4.17. The van der Waals surface area contributed by atoms with Gasteiger partial charge in [-0.1, -0.05) is 42.5 Å². The maximum atomic E-state index is 12.2. The summed E-state index contributed by atoms with van der Waals surface area (Å²) in [7, 11) is 3.19. The van der Waals surface area contributed by atoms with Crippen molar-refractivity contribution >= 4 is 22.4 Å². The molecule has 3 aromatic rings. The van der Waals surface area contributed by atoms with Gasteiger partial charge < -0.3 is 20.1 Å². The van der Waals surface area contributed by atoms with Crippen LogP contribution < -0.4 is 20.1 Å². The van der Waals surface area contributed by atoms with E-state index in [0.717, 1.165) is 22.0 Å². The molecule has 134 valence electrons. The van der Waals surface area contributed by atoms with Gasteiger partial charge in [0.2, 0.25) is 5.91 Å². The van der Waals surface area contributed by atoms with E-state index in [1.165, 1.54) is 0 Å². The Morgan fingerprint density at radius 2 is 1.69 bits per heavy atom. The predicted molar refractivity (Wildman–Crippen MR) is 104 cm³/mol. The summed E-state index contributed by atoms with van der Waals surface area (Å²) in [5.41, 5.74) is 1.89. The van der Waals surface area contributed by atoms with Crippen LogP contribution in [0.1, 0.15) is 5.56 Å². The van der Waals surface area contributed by atoms with Crippen molar-refractivity contribution in [3.63, 3.8) is 0 Å². The first kappa shape index (κ1) is 17.6. The summed E-state index contributed by atoms with van der Waals surface area (Å²) in [5, 5.41) is 8.36. The summed E-state index contributed by atoms with van der Waals surface area (Å²) in [5.74, 6) is 1.24. The lowest BCUT2D eigenvalue weighted by atomic mass is 10.1. The van der Waals surface area contributed by atoms with Gasteiger partial charge in [0.05, 0.1) is 20.8 Å². The Morgan fingerprint density at radius 3 is 2.50 bits per heavy atom. The van der Waals surface area contributed by atoms with Crippen LogP contribution in [0.5, 0.6) is 11.5 Å². The van der Waals surface area contributed by atoms with E-state index < -0.39 is 0 Å². The van der Waals surface area contributed by atoms with Gasteiger partial charge in [0, 0.05) is 17.6 Å². The quantitative estimate of drug-likeness (QED) is 0.684. The Hall–Kier alpha value is -3.21. The average Bonchev–Trinajstić information content (AvgIpc) is 2.70. The SMILES string of the molecule is COc1ccc(CNC(=O)CNc2cccc3ccccc23)cc1OC. The van der Waals surface area contributed by atoms with E-state index >= 15 is 0 Å². The number of carbonyl (C=O) groups excluding carboxylic acids is 1. The fourth-order valence-electron chi connectivity index (χ4n) is 2.81. The average molecular weight is 350 g/mol. The molecule has 0 aliphatic rings. The second-order valence-corrected chi connectivity index (χ2v) is 5.85. The van der Waals surface area contributed by atoms with Crippen LogP contribution in [0.25, 0.3) is 10.8 Å². The molecule has 0 fully saturated rings. The Balaban J connectivity index is 1.58. The van der Waals surface area contributed by atoms with E-state index in [1.54, 1.807) is 14.2 Å². The summed E-state index contributed by atoms with van der Waals surface area (Å²) >= 11 is 0. The van der Waals surface area contributed by atoms with Crippen molar-refractivity contribution in [2.75, 3.05) is 26.1 Å². The molecular formula is C21H22N2O3. The molecule has 0 aromatic heterocycles. The Labute approximate surface area is 152 Å². The molecule has 0 spiro atoms. The van der Waals surface area contributed by atoms with Gasteiger partial charge in [-0.25, -0.2) is 0 Å². The summed E-state index contributed by atoms with van der Waals surface area (Å²) in [6.45, 7) is 0.637. The van der Waals surface area contributed by atoms with Crippen molar-refractivity contribution in [3.8, 4) is 11.5 Å². The van der Waals surface area contributed by atoms with Crippen molar-refractivity contribution < 1.29 is 14.3 Å². The van der Waals surface area contributed by atoms with Crippen molar-refractivity contribution in [2.45, 2.75) is 6.54 Å². The van der Waals surface area contributed by atoms with Crippen LogP contribution in [0.2, 0.25) is 0 Å². The van der Waals surface area contributed by atoms with Gasteiger partial charge in [-0.15, -0.1) is 0 Å². The number of anilines is 1. The second kappa shape index (κ2) is 8.25. The Bertz CT molecular complexity index is 903. The molecule has 0 saturated carbocycles. The number of nitrogens with one attached hydrogen (secondary N) is 2. The highest BCUT2D eigenvalue weighted by molar-refractivity contribution is 5.95. The fraction of sp³-hybridized carbons (Fsp3) is 0.190. The molecule has 0 atom stereocenters. The molecule has 0 bridgehead atoms. The molecule has 0 aliphatic carbocycles. The lowest BCUT2D eigenvalue weighted by Crippen LogP contribution is -2.29. The molecule has 0 aliphatic heterocycles. The highest BCUT2D eigenvalue weighted by atomic mass is 16.5. The zero-order valence-corrected chi connectivity index (χ0v) is 14.9. The smallest absolute Gasteiger partial charge is 0.239 e. The van der Waals surface area contributed by atoms with E-state index in [9.17, 15) is 4.79 Å². The van der Waals surface area contributed by atoms with Crippen molar-refractivity contribution in [3.05, 3.63) is 66.2 Å². The number of benzene rings is 3. The second-order valence-electron chi connectivity index (χ2n) is 5.85. The molecule has 26 heavy (non-hydrogen) atoms.